The summed E-state index contributed by atoms with van der Waals surface area (Å²) < 4.78 is 5.92. The molecule has 0 saturated heterocycles. The Morgan fingerprint density at radius 3 is 2.89 bits per heavy atom. The van der Waals surface area contributed by atoms with Gasteiger partial charge in [0.25, 0.3) is 5.56 Å². The van der Waals surface area contributed by atoms with E-state index in [0.29, 0.717) is 16.7 Å². The van der Waals surface area contributed by atoms with E-state index in [4.69, 9.17) is 5.73 Å². The van der Waals surface area contributed by atoms with Crippen LogP contribution in [0.5, 0.6) is 0 Å². The standard InChI is InChI=1S/C11H17BrN4O3/c1-15(5-3-4-13)8-6-14-16(7-9(17)19-2)11(18)10(8)12/h6H,3-5,7,13H2,1-2H3. The van der Waals surface area contributed by atoms with E-state index in [2.05, 4.69) is 25.8 Å². The van der Waals surface area contributed by atoms with Gasteiger partial charge in [0.1, 0.15) is 11.0 Å². The van der Waals surface area contributed by atoms with Crippen molar-refractivity contribution in [3.63, 3.8) is 0 Å². The number of rotatable bonds is 6. The van der Waals surface area contributed by atoms with Gasteiger partial charge >= 0.3 is 5.97 Å². The van der Waals surface area contributed by atoms with Gasteiger partial charge in [0, 0.05) is 13.6 Å². The molecule has 0 spiro atoms. The topological polar surface area (TPSA) is 90.5 Å². The lowest BCUT2D eigenvalue weighted by Crippen LogP contribution is -2.30. The second-order valence-corrected chi connectivity index (χ2v) is 4.74. The third-order valence-corrected chi connectivity index (χ3v) is 3.33. The number of carbonyl (C=O) groups excluding carboxylic acids is 1. The van der Waals surface area contributed by atoms with E-state index in [1.807, 2.05) is 11.9 Å². The predicted molar refractivity (Wildman–Crippen MR) is 75.2 cm³/mol. The first-order valence-corrected chi connectivity index (χ1v) is 6.54. The fraction of sp³-hybridized carbons (Fsp3) is 0.545. The Morgan fingerprint density at radius 1 is 1.63 bits per heavy atom. The first-order chi connectivity index (χ1) is 9.01. The fourth-order valence-electron chi connectivity index (χ4n) is 1.47. The average Bonchev–Trinajstić information content (AvgIpc) is 2.41. The van der Waals surface area contributed by atoms with Crippen molar-refractivity contribution in [2.75, 3.05) is 32.1 Å². The van der Waals surface area contributed by atoms with E-state index in [9.17, 15) is 9.59 Å². The first kappa shape index (κ1) is 15.6. The zero-order chi connectivity index (χ0) is 14.4. The van der Waals surface area contributed by atoms with E-state index in [1.165, 1.54) is 13.3 Å². The molecule has 0 aliphatic rings. The summed E-state index contributed by atoms with van der Waals surface area (Å²) in [6.07, 6.45) is 2.35. The summed E-state index contributed by atoms with van der Waals surface area (Å²) in [5.41, 5.74) is 5.74. The van der Waals surface area contributed by atoms with Gasteiger partial charge in [-0.25, -0.2) is 4.68 Å². The summed E-state index contributed by atoms with van der Waals surface area (Å²) >= 11 is 3.24. The van der Waals surface area contributed by atoms with Crippen molar-refractivity contribution in [1.29, 1.82) is 0 Å². The Labute approximate surface area is 119 Å². The number of halogens is 1. The normalized spacial score (nSPS) is 10.3. The minimum atomic E-state index is -0.522. The number of ether oxygens (including phenoxy) is 1. The van der Waals surface area contributed by atoms with Gasteiger partial charge in [0.05, 0.1) is 19.0 Å². The molecule has 0 radical (unpaired) electrons. The van der Waals surface area contributed by atoms with Crippen LogP contribution in [0.25, 0.3) is 0 Å². The third-order valence-electron chi connectivity index (χ3n) is 2.58. The van der Waals surface area contributed by atoms with Gasteiger partial charge in [-0.05, 0) is 28.9 Å². The summed E-state index contributed by atoms with van der Waals surface area (Å²) in [7, 11) is 3.11. The number of anilines is 1. The molecule has 2 N–H and O–H groups in total. The van der Waals surface area contributed by atoms with Gasteiger partial charge in [-0.3, -0.25) is 9.59 Å². The minimum absolute atomic E-state index is 0.208. The molecule has 1 aromatic rings. The Morgan fingerprint density at radius 2 is 2.32 bits per heavy atom. The van der Waals surface area contributed by atoms with Gasteiger partial charge in [0.2, 0.25) is 0 Å². The molecule has 0 aliphatic carbocycles. The van der Waals surface area contributed by atoms with Crippen LogP contribution in [0.2, 0.25) is 0 Å². The third kappa shape index (κ3) is 4.03. The Kier molecular flexibility index (Phi) is 5.97. The van der Waals surface area contributed by atoms with Crippen LogP contribution in [0.4, 0.5) is 5.69 Å². The highest BCUT2D eigenvalue weighted by Crippen LogP contribution is 2.20. The van der Waals surface area contributed by atoms with Crippen molar-refractivity contribution in [3.8, 4) is 0 Å². The molecule has 0 amide bonds. The number of esters is 1. The zero-order valence-electron chi connectivity index (χ0n) is 10.9. The maximum absolute atomic E-state index is 12.0. The van der Waals surface area contributed by atoms with Crippen LogP contribution < -0.4 is 16.2 Å². The second kappa shape index (κ2) is 7.25. The number of hydrogen-bond acceptors (Lipinski definition) is 6. The molecule has 7 nitrogen and oxygen atoms in total. The van der Waals surface area contributed by atoms with Crippen LogP contribution >= 0.6 is 15.9 Å². The van der Waals surface area contributed by atoms with Crippen molar-refractivity contribution in [1.82, 2.24) is 9.78 Å². The molecule has 0 atom stereocenters. The number of hydrogen-bond donors (Lipinski definition) is 1. The zero-order valence-corrected chi connectivity index (χ0v) is 12.5. The van der Waals surface area contributed by atoms with Crippen LogP contribution in [0.1, 0.15) is 6.42 Å². The summed E-state index contributed by atoms with van der Waals surface area (Å²) in [6, 6.07) is 0. The van der Waals surface area contributed by atoms with Crippen molar-refractivity contribution in [2.24, 2.45) is 5.73 Å². The highest BCUT2D eigenvalue weighted by molar-refractivity contribution is 9.10. The molecule has 0 unspecified atom stereocenters. The number of aromatic nitrogens is 2. The summed E-state index contributed by atoms with van der Waals surface area (Å²) in [6.45, 7) is 1.09. The molecule has 0 aromatic carbocycles. The Bertz CT molecular complexity index is 503. The smallest absolute Gasteiger partial charge is 0.327 e. The lowest BCUT2D eigenvalue weighted by molar-refractivity contribution is -0.141. The lowest BCUT2D eigenvalue weighted by Gasteiger charge is -2.20. The number of nitrogens with two attached hydrogens (primary N) is 1. The molecular weight excluding hydrogens is 316 g/mol. The molecular formula is C11H17BrN4O3. The molecule has 8 heteroatoms. The molecule has 1 aromatic heterocycles. The number of carbonyl (C=O) groups is 1. The van der Waals surface area contributed by atoms with Gasteiger partial charge in [-0.2, -0.15) is 5.10 Å². The molecule has 19 heavy (non-hydrogen) atoms. The minimum Gasteiger partial charge on any atom is -0.468 e. The van der Waals surface area contributed by atoms with Gasteiger partial charge in [0.15, 0.2) is 0 Å². The van der Waals surface area contributed by atoms with Crippen LogP contribution in [-0.2, 0) is 16.1 Å². The number of nitrogens with zero attached hydrogens (tertiary/aromatic N) is 3. The Hall–Kier alpha value is -1.41. The second-order valence-electron chi connectivity index (χ2n) is 3.95. The molecule has 0 fully saturated rings. The molecule has 1 heterocycles. The van der Waals surface area contributed by atoms with Crippen LogP contribution in [-0.4, -0.2) is 43.0 Å². The monoisotopic (exact) mass is 332 g/mol. The van der Waals surface area contributed by atoms with Crippen molar-refractivity contribution >= 4 is 27.6 Å². The summed E-state index contributed by atoms with van der Waals surface area (Å²) in [4.78, 5) is 25.0. The predicted octanol–water partition coefficient (Wildman–Crippen LogP) is -0.0362. The first-order valence-electron chi connectivity index (χ1n) is 5.75. The van der Waals surface area contributed by atoms with E-state index in [-0.39, 0.29) is 12.1 Å². The summed E-state index contributed by atoms with van der Waals surface area (Å²) in [5.74, 6) is -0.522. The average molecular weight is 333 g/mol. The summed E-state index contributed by atoms with van der Waals surface area (Å²) in [5, 5.41) is 3.96. The van der Waals surface area contributed by atoms with Gasteiger partial charge in [-0.15, -0.1) is 0 Å². The van der Waals surface area contributed by atoms with Gasteiger partial charge < -0.3 is 15.4 Å². The van der Waals surface area contributed by atoms with Crippen molar-refractivity contribution in [3.05, 3.63) is 21.0 Å². The molecule has 0 aliphatic heterocycles. The molecule has 1 rings (SSSR count). The molecule has 0 saturated carbocycles. The maximum Gasteiger partial charge on any atom is 0.327 e. The van der Waals surface area contributed by atoms with Crippen molar-refractivity contribution in [2.45, 2.75) is 13.0 Å². The van der Waals surface area contributed by atoms with Crippen LogP contribution in [0, 0.1) is 0 Å². The molecule has 0 bridgehead atoms. The van der Waals surface area contributed by atoms with E-state index in [0.717, 1.165) is 17.6 Å². The lowest BCUT2D eigenvalue weighted by atomic mass is 10.3. The quantitative estimate of drug-likeness (QED) is 0.735. The van der Waals surface area contributed by atoms with Crippen molar-refractivity contribution < 1.29 is 9.53 Å². The Balaban J connectivity index is 2.97. The fourth-order valence-corrected chi connectivity index (χ4v) is 2.08. The van der Waals surface area contributed by atoms with Crippen LogP contribution in [0.3, 0.4) is 0 Å². The number of methoxy groups -OCH3 is 1. The molecule has 106 valence electrons. The van der Waals surface area contributed by atoms with E-state index in [1.54, 1.807) is 0 Å². The van der Waals surface area contributed by atoms with E-state index < -0.39 is 5.97 Å². The maximum atomic E-state index is 12.0. The van der Waals surface area contributed by atoms with Crippen LogP contribution in [0.15, 0.2) is 15.5 Å². The SMILES string of the molecule is COC(=O)Cn1ncc(N(C)CCCN)c(Br)c1=O. The van der Waals surface area contributed by atoms with Gasteiger partial charge in [-0.1, -0.05) is 0 Å². The largest absolute Gasteiger partial charge is 0.468 e. The van der Waals surface area contributed by atoms with E-state index >= 15 is 0 Å². The highest BCUT2D eigenvalue weighted by atomic mass is 79.9. The highest BCUT2D eigenvalue weighted by Gasteiger charge is 2.14.